The largest absolute Gasteiger partial charge is 0.508 e. The average molecular weight is 1010 g/mol. The molecule has 374 valence electrons. The van der Waals surface area contributed by atoms with Crippen LogP contribution in [0.2, 0.25) is 0 Å². The SMILES string of the molecule is CC[C@H](C)[C@H](NC(=O)[C@H](Cc1ccc(O)cc1)NC(=O)[C@@H]1CCCN1C(=O)[C@H](CCCN=C(N)N)NC(=O)[C@H](CCCN=C(N)N)NC(=O)Cc1ccccc1Br)C(=O)N[C@@H](CC(C)C)C(=O)O. The number of benzene rings is 2. The highest BCUT2D eigenvalue weighted by molar-refractivity contribution is 9.10. The second-order valence-electron chi connectivity index (χ2n) is 17.4. The molecule has 68 heavy (non-hydrogen) atoms. The molecular formula is C46H69BrN12O9. The summed E-state index contributed by atoms with van der Waals surface area (Å²) in [5.74, 6) is -5.89. The minimum atomic E-state index is -1.30. The molecule has 0 bridgehead atoms. The fourth-order valence-corrected chi connectivity index (χ4v) is 8.05. The second kappa shape index (κ2) is 28.0. The van der Waals surface area contributed by atoms with Gasteiger partial charge in [0.1, 0.15) is 42.0 Å². The third-order valence-electron chi connectivity index (χ3n) is 11.4. The summed E-state index contributed by atoms with van der Waals surface area (Å²) in [5.41, 5.74) is 23.3. The summed E-state index contributed by atoms with van der Waals surface area (Å²) in [4.78, 5) is 106. The number of aromatic hydroxyl groups is 1. The lowest BCUT2D eigenvalue weighted by Crippen LogP contribution is -2.60. The smallest absolute Gasteiger partial charge is 0.326 e. The number of guanidine groups is 2. The van der Waals surface area contributed by atoms with Gasteiger partial charge in [-0.05, 0) is 86.1 Å². The molecule has 6 amide bonds. The third kappa shape index (κ3) is 18.7. The molecule has 15 N–H and O–H groups in total. The van der Waals surface area contributed by atoms with Crippen molar-refractivity contribution < 1.29 is 43.8 Å². The van der Waals surface area contributed by atoms with Crippen molar-refractivity contribution in [3.05, 3.63) is 64.1 Å². The summed E-state index contributed by atoms with van der Waals surface area (Å²) in [6.45, 7) is 7.61. The number of hydrogen-bond donors (Lipinski definition) is 11. The van der Waals surface area contributed by atoms with E-state index in [-0.39, 0.29) is 88.2 Å². The first kappa shape index (κ1) is 55.9. The first-order valence-corrected chi connectivity index (χ1v) is 23.7. The molecule has 7 atom stereocenters. The van der Waals surface area contributed by atoms with E-state index in [2.05, 4.69) is 52.5 Å². The maximum atomic E-state index is 14.6. The van der Waals surface area contributed by atoms with Gasteiger partial charge in [0.15, 0.2) is 11.9 Å². The number of aliphatic carboxylic acids is 1. The van der Waals surface area contributed by atoms with Crippen LogP contribution in [-0.2, 0) is 46.4 Å². The molecule has 2 aromatic rings. The Bertz CT molecular complexity index is 2100. The maximum Gasteiger partial charge on any atom is 0.326 e. The molecule has 1 heterocycles. The number of halogens is 1. The van der Waals surface area contributed by atoms with Gasteiger partial charge < -0.3 is 64.6 Å². The van der Waals surface area contributed by atoms with E-state index < -0.39 is 83.6 Å². The molecule has 2 aromatic carbocycles. The number of carbonyl (C=O) groups excluding carboxylic acids is 6. The van der Waals surface area contributed by atoms with Gasteiger partial charge in [-0.15, -0.1) is 0 Å². The van der Waals surface area contributed by atoms with Crippen LogP contribution >= 0.6 is 15.9 Å². The van der Waals surface area contributed by atoms with Crippen LogP contribution in [0.15, 0.2) is 63.0 Å². The van der Waals surface area contributed by atoms with Crippen molar-refractivity contribution in [1.29, 1.82) is 0 Å². The number of aliphatic imine (C=N–C) groups is 2. The number of nitrogens with two attached hydrogens (primary N) is 4. The molecule has 1 fully saturated rings. The number of phenols is 1. The number of phenolic OH excluding ortho intramolecular Hbond substituents is 1. The van der Waals surface area contributed by atoms with Gasteiger partial charge in [0.05, 0.1) is 6.42 Å². The molecular weight excluding hydrogens is 944 g/mol. The number of hydrogen-bond acceptors (Lipinski definition) is 10. The third-order valence-corrected chi connectivity index (χ3v) is 12.2. The topological polar surface area (TPSA) is 352 Å². The summed E-state index contributed by atoms with van der Waals surface area (Å²) < 4.78 is 0.706. The molecule has 21 nitrogen and oxygen atoms in total. The molecule has 0 spiro atoms. The molecule has 0 aromatic heterocycles. The van der Waals surface area contributed by atoms with Crippen molar-refractivity contribution in [2.24, 2.45) is 44.8 Å². The van der Waals surface area contributed by atoms with Gasteiger partial charge in [-0.25, -0.2) is 4.79 Å². The fraction of sp³-hybridized carbons (Fsp3) is 0.543. The first-order valence-electron chi connectivity index (χ1n) is 22.9. The van der Waals surface area contributed by atoms with E-state index in [1.807, 2.05) is 20.8 Å². The number of carboxylic acids is 1. The number of nitrogens with one attached hydrogen (secondary N) is 5. The lowest BCUT2D eigenvalue weighted by Gasteiger charge is -2.31. The van der Waals surface area contributed by atoms with E-state index >= 15 is 0 Å². The van der Waals surface area contributed by atoms with Gasteiger partial charge in [-0.2, -0.15) is 0 Å². The summed E-state index contributed by atoms with van der Waals surface area (Å²) in [6.07, 6.45) is 1.77. The number of carboxylic acid groups (broad SMARTS) is 1. The summed E-state index contributed by atoms with van der Waals surface area (Å²) in [5, 5.41) is 33.5. The van der Waals surface area contributed by atoms with Crippen LogP contribution in [0.5, 0.6) is 5.75 Å². The predicted octanol–water partition coefficient (Wildman–Crippen LogP) is 0.639. The molecule has 1 aliphatic heterocycles. The van der Waals surface area contributed by atoms with E-state index in [9.17, 15) is 43.8 Å². The van der Waals surface area contributed by atoms with Crippen molar-refractivity contribution in [3.63, 3.8) is 0 Å². The van der Waals surface area contributed by atoms with E-state index in [0.29, 0.717) is 34.9 Å². The Kier molecular flexibility index (Phi) is 23.0. The maximum absolute atomic E-state index is 14.6. The number of likely N-dealkylation sites (tertiary alicyclic amines) is 1. The van der Waals surface area contributed by atoms with Crippen molar-refractivity contribution in [3.8, 4) is 5.75 Å². The number of nitrogens with zero attached hydrogens (tertiary/aromatic N) is 3. The zero-order valence-electron chi connectivity index (χ0n) is 39.2. The highest BCUT2D eigenvalue weighted by Crippen LogP contribution is 2.22. The van der Waals surface area contributed by atoms with Crippen LogP contribution in [0, 0.1) is 11.8 Å². The van der Waals surface area contributed by atoms with E-state index in [4.69, 9.17) is 22.9 Å². The number of rotatable bonds is 27. The van der Waals surface area contributed by atoms with Gasteiger partial charge in [0.25, 0.3) is 0 Å². The second-order valence-corrected chi connectivity index (χ2v) is 18.2. The average Bonchev–Trinajstić information content (AvgIpc) is 3.78. The van der Waals surface area contributed by atoms with Gasteiger partial charge in [0, 0.05) is 30.5 Å². The summed E-state index contributed by atoms with van der Waals surface area (Å²) in [6, 6.07) is 6.04. The van der Waals surface area contributed by atoms with Gasteiger partial charge in [-0.1, -0.05) is 80.4 Å². The number of carbonyl (C=O) groups is 7. The molecule has 0 aliphatic carbocycles. The van der Waals surface area contributed by atoms with Crippen LogP contribution in [0.4, 0.5) is 0 Å². The van der Waals surface area contributed by atoms with E-state index in [1.54, 1.807) is 43.3 Å². The minimum Gasteiger partial charge on any atom is -0.508 e. The molecule has 3 rings (SSSR count). The lowest BCUT2D eigenvalue weighted by atomic mass is 9.96. The predicted molar refractivity (Wildman–Crippen MR) is 260 cm³/mol. The molecule has 1 saturated heterocycles. The monoisotopic (exact) mass is 1010 g/mol. The zero-order valence-corrected chi connectivity index (χ0v) is 40.8. The highest BCUT2D eigenvalue weighted by atomic mass is 79.9. The first-order chi connectivity index (χ1) is 32.2. The van der Waals surface area contributed by atoms with E-state index in [1.165, 1.54) is 17.0 Å². The standard InChI is InChI=1S/C46H69BrN12O9/c1-5-27(4)38(42(65)57-35(44(67)68)23-26(2)3)58-40(63)34(24-28-16-18-30(60)19-17-28)56-41(64)36-15-10-22-59(36)43(66)33(14-9-21-53-46(50)51)55-39(62)32(13-8-20-52-45(48)49)54-37(61)25-29-11-6-7-12-31(29)47/h6-7,11-12,16-19,26-27,32-36,38,60H,5,8-10,13-15,20-25H2,1-4H3,(H,54,61)(H,55,62)(H,56,64)(H,57,65)(H,58,63)(H,67,68)(H4,48,49,52)(H4,50,51,53)/t27-,32-,33-,34-,35-,36-,38-/m0/s1. The molecule has 0 unspecified atom stereocenters. The van der Waals surface area contributed by atoms with Crippen LogP contribution in [0.25, 0.3) is 0 Å². The van der Waals surface area contributed by atoms with E-state index in [0.717, 1.165) is 0 Å². The molecule has 1 aliphatic rings. The van der Waals surface area contributed by atoms with Gasteiger partial charge in [0.2, 0.25) is 35.4 Å². The molecule has 0 saturated carbocycles. The summed E-state index contributed by atoms with van der Waals surface area (Å²) >= 11 is 3.44. The highest BCUT2D eigenvalue weighted by Gasteiger charge is 2.40. The van der Waals surface area contributed by atoms with Crippen LogP contribution in [0.3, 0.4) is 0 Å². The van der Waals surface area contributed by atoms with Crippen LogP contribution < -0.4 is 49.5 Å². The Morgan fingerprint density at radius 2 is 1.35 bits per heavy atom. The quantitative estimate of drug-likeness (QED) is 0.0333. The molecule has 22 heteroatoms. The number of amides is 6. The normalized spacial score (nSPS) is 15.9. The summed E-state index contributed by atoms with van der Waals surface area (Å²) in [7, 11) is 0. The van der Waals surface area contributed by atoms with Crippen molar-refractivity contribution in [1.82, 2.24) is 31.5 Å². The molecule has 0 radical (unpaired) electrons. The van der Waals surface area contributed by atoms with Crippen molar-refractivity contribution in [2.75, 3.05) is 19.6 Å². The lowest BCUT2D eigenvalue weighted by molar-refractivity contribution is -0.143. The Morgan fingerprint density at radius 3 is 1.93 bits per heavy atom. The Labute approximate surface area is 405 Å². The van der Waals surface area contributed by atoms with Crippen LogP contribution in [0.1, 0.15) is 90.2 Å². The van der Waals surface area contributed by atoms with Gasteiger partial charge in [-0.3, -0.25) is 38.8 Å². The Balaban J connectivity index is 1.92. The van der Waals surface area contributed by atoms with Crippen molar-refractivity contribution in [2.45, 2.75) is 128 Å². The minimum absolute atomic E-state index is 0.0261. The Morgan fingerprint density at radius 1 is 0.765 bits per heavy atom. The van der Waals surface area contributed by atoms with Crippen LogP contribution in [-0.4, -0.2) is 124 Å². The van der Waals surface area contributed by atoms with Crippen molar-refractivity contribution >= 4 is 69.3 Å². The fourth-order valence-electron chi connectivity index (χ4n) is 7.62. The van der Waals surface area contributed by atoms with Gasteiger partial charge >= 0.3 is 5.97 Å². The Hall–Kier alpha value is -6.45. The zero-order chi connectivity index (χ0) is 50.5.